The topological polar surface area (TPSA) is 60.7 Å². The Hall–Kier alpha value is -2.21. The normalized spacial score (nSPS) is 11.5. The van der Waals surface area contributed by atoms with Gasteiger partial charge in [-0.1, -0.05) is 18.2 Å². The summed E-state index contributed by atoms with van der Waals surface area (Å²) in [6.45, 7) is 1.81. The number of carbonyl (C=O) groups is 1. The maximum atomic E-state index is 11.9. The number of nitrogens with zero attached hydrogens (tertiary/aromatic N) is 2. The van der Waals surface area contributed by atoms with Crippen molar-refractivity contribution in [1.82, 2.24) is 9.38 Å². The van der Waals surface area contributed by atoms with Crippen LogP contribution in [0.25, 0.3) is 5.65 Å². The summed E-state index contributed by atoms with van der Waals surface area (Å²) in [4.78, 5) is 27.6. The zero-order chi connectivity index (χ0) is 15.2. The Balaban J connectivity index is 2.15. The standard InChI is InChI=1S/C15H13BrN2O3/c1-2-3-4-5-15(20)21-10-12-8-14(19)18-9-11(16)6-7-13(18)17-12/h2-9H,10H2,1H3. The number of aromatic nitrogens is 2. The van der Waals surface area contributed by atoms with Crippen molar-refractivity contribution in [2.45, 2.75) is 13.5 Å². The minimum absolute atomic E-state index is 0.0409. The van der Waals surface area contributed by atoms with Crippen LogP contribution in [-0.4, -0.2) is 15.4 Å². The first-order chi connectivity index (χ1) is 10.1. The number of halogens is 1. The SMILES string of the molecule is CC=CC=CC(=O)OCc1cc(=O)n2cc(Br)ccc2n1. The van der Waals surface area contributed by atoms with Crippen molar-refractivity contribution in [2.24, 2.45) is 0 Å². The molecule has 0 atom stereocenters. The molecule has 21 heavy (non-hydrogen) atoms. The minimum atomic E-state index is -0.481. The minimum Gasteiger partial charge on any atom is -0.456 e. The number of ether oxygens (including phenoxy) is 1. The number of pyridine rings is 1. The molecule has 0 fully saturated rings. The quantitative estimate of drug-likeness (QED) is 0.484. The summed E-state index contributed by atoms with van der Waals surface area (Å²) in [5.74, 6) is -0.481. The molecule has 0 saturated carbocycles. The third-order valence-corrected chi connectivity index (χ3v) is 3.04. The second-order valence-electron chi connectivity index (χ2n) is 4.15. The van der Waals surface area contributed by atoms with E-state index >= 15 is 0 Å². The lowest BCUT2D eigenvalue weighted by Gasteiger charge is -2.04. The summed E-state index contributed by atoms with van der Waals surface area (Å²) in [5.41, 5.74) is 0.688. The summed E-state index contributed by atoms with van der Waals surface area (Å²) < 4.78 is 7.23. The van der Waals surface area contributed by atoms with Gasteiger partial charge in [-0.2, -0.15) is 0 Å². The highest BCUT2D eigenvalue weighted by molar-refractivity contribution is 9.10. The third kappa shape index (κ3) is 4.13. The summed E-state index contributed by atoms with van der Waals surface area (Å²) in [6, 6.07) is 4.85. The smallest absolute Gasteiger partial charge is 0.331 e. The van der Waals surface area contributed by atoms with Gasteiger partial charge in [0.1, 0.15) is 12.3 Å². The van der Waals surface area contributed by atoms with Crippen molar-refractivity contribution < 1.29 is 9.53 Å². The first-order valence-electron chi connectivity index (χ1n) is 6.24. The van der Waals surface area contributed by atoms with Gasteiger partial charge in [0.2, 0.25) is 0 Å². The van der Waals surface area contributed by atoms with Gasteiger partial charge in [0, 0.05) is 22.8 Å². The number of hydrogen-bond acceptors (Lipinski definition) is 4. The average molecular weight is 349 g/mol. The lowest BCUT2D eigenvalue weighted by atomic mass is 10.4. The molecule has 0 spiro atoms. The average Bonchev–Trinajstić information content (AvgIpc) is 2.46. The number of allylic oxidation sites excluding steroid dienone is 3. The van der Waals surface area contributed by atoms with E-state index in [1.54, 1.807) is 36.6 Å². The van der Waals surface area contributed by atoms with Crippen molar-refractivity contribution in [3.05, 3.63) is 69.2 Å². The molecule has 0 aliphatic carbocycles. The molecule has 2 aromatic rings. The number of rotatable bonds is 4. The van der Waals surface area contributed by atoms with Gasteiger partial charge >= 0.3 is 5.97 Å². The van der Waals surface area contributed by atoms with E-state index in [0.717, 1.165) is 4.47 Å². The van der Waals surface area contributed by atoms with Crippen molar-refractivity contribution >= 4 is 27.5 Å². The lowest BCUT2D eigenvalue weighted by molar-refractivity contribution is -0.139. The van der Waals surface area contributed by atoms with Crippen molar-refractivity contribution in [3.63, 3.8) is 0 Å². The van der Waals surface area contributed by atoms with Gasteiger partial charge in [-0.25, -0.2) is 9.78 Å². The number of fused-ring (bicyclic) bond motifs is 1. The van der Waals surface area contributed by atoms with Gasteiger partial charge in [0.05, 0.1) is 5.69 Å². The molecule has 5 nitrogen and oxygen atoms in total. The number of carbonyl (C=O) groups excluding carboxylic acids is 1. The first kappa shape index (κ1) is 15.2. The van der Waals surface area contributed by atoms with E-state index in [4.69, 9.17) is 4.74 Å². The molecule has 0 amide bonds. The predicted octanol–water partition coefficient (Wildman–Crippen LogP) is 2.63. The van der Waals surface area contributed by atoms with E-state index in [0.29, 0.717) is 11.3 Å². The molecule has 108 valence electrons. The van der Waals surface area contributed by atoms with E-state index < -0.39 is 5.97 Å². The Morgan fingerprint density at radius 1 is 1.43 bits per heavy atom. The van der Waals surface area contributed by atoms with Crippen LogP contribution in [0.15, 0.2) is 58.0 Å². The fraction of sp³-hybridized carbons (Fsp3) is 0.133. The van der Waals surface area contributed by atoms with Gasteiger partial charge in [-0.15, -0.1) is 0 Å². The highest BCUT2D eigenvalue weighted by Crippen LogP contribution is 2.09. The Bertz CT molecular complexity index is 778. The van der Waals surface area contributed by atoms with Gasteiger partial charge in [-0.3, -0.25) is 9.20 Å². The molecule has 0 aliphatic heterocycles. The lowest BCUT2D eigenvalue weighted by Crippen LogP contribution is -2.16. The van der Waals surface area contributed by atoms with Crippen LogP contribution >= 0.6 is 15.9 Å². The van der Waals surface area contributed by atoms with Crippen molar-refractivity contribution in [1.29, 1.82) is 0 Å². The molecule has 2 heterocycles. The molecule has 0 aromatic carbocycles. The number of esters is 1. The van der Waals surface area contributed by atoms with Crippen LogP contribution in [0.4, 0.5) is 0 Å². The summed E-state index contributed by atoms with van der Waals surface area (Å²) in [5, 5.41) is 0. The van der Waals surface area contributed by atoms with E-state index in [-0.39, 0.29) is 12.2 Å². The fourth-order valence-electron chi connectivity index (χ4n) is 1.64. The summed E-state index contributed by atoms with van der Waals surface area (Å²) in [6.07, 6.45) is 8.06. The molecular formula is C15H13BrN2O3. The van der Waals surface area contributed by atoms with E-state index in [9.17, 15) is 9.59 Å². The molecule has 0 saturated heterocycles. The van der Waals surface area contributed by atoms with Gasteiger partial charge in [-0.05, 0) is 35.0 Å². The first-order valence-corrected chi connectivity index (χ1v) is 7.03. The molecule has 0 unspecified atom stereocenters. The van der Waals surface area contributed by atoms with Crippen molar-refractivity contribution in [3.8, 4) is 0 Å². The molecule has 2 aromatic heterocycles. The zero-order valence-corrected chi connectivity index (χ0v) is 12.9. The number of hydrogen-bond donors (Lipinski definition) is 0. The van der Waals surface area contributed by atoms with E-state index in [1.165, 1.54) is 16.5 Å². The summed E-state index contributed by atoms with van der Waals surface area (Å²) in [7, 11) is 0. The maximum absolute atomic E-state index is 11.9. The zero-order valence-electron chi connectivity index (χ0n) is 11.3. The van der Waals surface area contributed by atoms with Crippen LogP contribution in [0, 0.1) is 0 Å². The Labute approximate surface area is 129 Å². The maximum Gasteiger partial charge on any atom is 0.331 e. The second-order valence-corrected chi connectivity index (χ2v) is 5.07. The predicted molar refractivity (Wildman–Crippen MR) is 82.9 cm³/mol. The monoisotopic (exact) mass is 348 g/mol. The van der Waals surface area contributed by atoms with Crippen LogP contribution in [0.3, 0.4) is 0 Å². The molecule has 0 radical (unpaired) electrons. The molecule has 0 aliphatic rings. The van der Waals surface area contributed by atoms with E-state index in [1.807, 2.05) is 6.92 Å². The molecule has 0 bridgehead atoms. The Kier molecular flexibility index (Phi) is 5.05. The van der Waals surface area contributed by atoms with Crippen LogP contribution in [0.5, 0.6) is 0 Å². The third-order valence-electron chi connectivity index (χ3n) is 2.57. The van der Waals surface area contributed by atoms with Gasteiger partial charge < -0.3 is 4.74 Å². The molecule has 0 N–H and O–H groups in total. The van der Waals surface area contributed by atoms with Crippen LogP contribution in [0.1, 0.15) is 12.6 Å². The highest BCUT2D eigenvalue weighted by atomic mass is 79.9. The van der Waals surface area contributed by atoms with E-state index in [2.05, 4.69) is 20.9 Å². The fourth-order valence-corrected chi connectivity index (χ4v) is 1.98. The van der Waals surface area contributed by atoms with Crippen molar-refractivity contribution in [2.75, 3.05) is 0 Å². The molecule has 2 rings (SSSR count). The van der Waals surface area contributed by atoms with Crippen LogP contribution < -0.4 is 5.56 Å². The highest BCUT2D eigenvalue weighted by Gasteiger charge is 2.05. The summed E-state index contributed by atoms with van der Waals surface area (Å²) >= 11 is 3.29. The largest absolute Gasteiger partial charge is 0.456 e. The molecule has 6 heteroatoms. The van der Waals surface area contributed by atoms with Gasteiger partial charge in [0.25, 0.3) is 5.56 Å². The Morgan fingerprint density at radius 3 is 3.00 bits per heavy atom. The van der Waals surface area contributed by atoms with Crippen LogP contribution in [0.2, 0.25) is 0 Å². The van der Waals surface area contributed by atoms with Crippen LogP contribution in [-0.2, 0) is 16.1 Å². The second kappa shape index (κ2) is 6.99. The molecular weight excluding hydrogens is 336 g/mol. The Morgan fingerprint density at radius 2 is 2.24 bits per heavy atom. The van der Waals surface area contributed by atoms with Gasteiger partial charge in [0.15, 0.2) is 0 Å².